The van der Waals surface area contributed by atoms with Crippen LogP contribution in [0.2, 0.25) is 13.1 Å². The lowest BCUT2D eigenvalue weighted by atomic mass is 10.0. The van der Waals surface area contributed by atoms with E-state index < -0.39 is 8.07 Å². The number of fused-ring (bicyclic) bond motifs is 1. The first kappa shape index (κ1) is 15.7. The second kappa shape index (κ2) is 6.51. The molecular weight excluding hydrogens is 296 g/mol. The summed E-state index contributed by atoms with van der Waals surface area (Å²) in [7, 11) is -1.82. The molecule has 0 fully saturated rings. The van der Waals surface area contributed by atoms with Gasteiger partial charge in [-0.3, -0.25) is 0 Å². The van der Waals surface area contributed by atoms with Crippen LogP contribution in [-0.2, 0) is 4.79 Å². The van der Waals surface area contributed by atoms with Gasteiger partial charge in [0.1, 0.15) is 6.29 Å². The Hall–Kier alpha value is -2.19. The van der Waals surface area contributed by atoms with Crippen molar-refractivity contribution in [1.29, 1.82) is 0 Å². The van der Waals surface area contributed by atoms with E-state index in [0.717, 1.165) is 6.29 Å². The highest BCUT2D eigenvalue weighted by atomic mass is 28.3. The van der Waals surface area contributed by atoms with E-state index in [1.165, 1.54) is 21.5 Å². The molecule has 0 saturated carbocycles. The fraction of sp³-hybridized carbons (Fsp3) is 0.190. The second-order valence-corrected chi connectivity index (χ2v) is 11.3. The largest absolute Gasteiger partial charge is 0.303 e. The fourth-order valence-electron chi connectivity index (χ4n) is 3.53. The van der Waals surface area contributed by atoms with Gasteiger partial charge in [0.15, 0.2) is 0 Å². The van der Waals surface area contributed by atoms with Crippen molar-refractivity contribution in [2.24, 2.45) is 0 Å². The Morgan fingerprint density at radius 2 is 1.52 bits per heavy atom. The summed E-state index contributed by atoms with van der Waals surface area (Å²) < 4.78 is 0. The van der Waals surface area contributed by atoms with Gasteiger partial charge in [0.25, 0.3) is 0 Å². The zero-order chi connectivity index (χ0) is 16.3. The van der Waals surface area contributed by atoms with Crippen molar-refractivity contribution in [3.8, 4) is 0 Å². The highest BCUT2D eigenvalue weighted by molar-refractivity contribution is 6.91. The Bertz CT molecular complexity index is 803. The number of rotatable bonds is 5. The average molecular weight is 318 g/mol. The molecule has 0 amide bonds. The number of aldehydes is 1. The number of hydrogen-bond donors (Lipinski definition) is 0. The summed E-state index contributed by atoms with van der Waals surface area (Å²) in [5.74, 6) is 0. The van der Waals surface area contributed by atoms with Gasteiger partial charge in [-0.15, -0.1) is 0 Å². The highest BCUT2D eigenvalue weighted by Crippen LogP contribution is 2.34. The fourth-order valence-corrected chi connectivity index (χ4v) is 6.70. The van der Waals surface area contributed by atoms with E-state index >= 15 is 0 Å². The monoisotopic (exact) mass is 318 g/mol. The molecule has 3 aromatic carbocycles. The Balaban J connectivity index is 2.16. The van der Waals surface area contributed by atoms with E-state index in [9.17, 15) is 4.79 Å². The van der Waals surface area contributed by atoms with Crippen LogP contribution in [-0.4, -0.2) is 14.4 Å². The summed E-state index contributed by atoms with van der Waals surface area (Å²) in [6, 6.07) is 25.6. The molecule has 0 heterocycles. The van der Waals surface area contributed by atoms with Crippen molar-refractivity contribution in [1.82, 2.24) is 0 Å². The standard InChI is InChI=1S/C21H22OSi/c1-23(2,18-11-4-3-5-12-18)21(15-16-22)20-14-8-10-17-9-6-7-13-19(17)20/h3-14,16,21H,15H2,1-2H3/t21-/m0/s1. The lowest BCUT2D eigenvalue weighted by Gasteiger charge is -2.33. The van der Waals surface area contributed by atoms with Crippen molar-refractivity contribution in [2.75, 3.05) is 0 Å². The SMILES string of the molecule is C[Si](C)(c1ccccc1)[C@@H](CC=O)c1cccc2ccccc12. The van der Waals surface area contributed by atoms with Crippen molar-refractivity contribution in [3.05, 3.63) is 78.4 Å². The molecule has 2 heteroatoms. The van der Waals surface area contributed by atoms with Crippen molar-refractivity contribution in [2.45, 2.75) is 25.1 Å². The molecule has 0 N–H and O–H groups in total. The molecule has 0 radical (unpaired) electrons. The topological polar surface area (TPSA) is 17.1 Å². The predicted molar refractivity (Wildman–Crippen MR) is 101 cm³/mol. The lowest BCUT2D eigenvalue weighted by molar-refractivity contribution is -0.107. The summed E-state index contributed by atoms with van der Waals surface area (Å²) in [5.41, 5.74) is 1.60. The Morgan fingerprint density at radius 1 is 0.870 bits per heavy atom. The summed E-state index contributed by atoms with van der Waals surface area (Å²) in [6.07, 6.45) is 1.67. The third-order valence-electron chi connectivity index (χ3n) is 4.92. The van der Waals surface area contributed by atoms with Gasteiger partial charge >= 0.3 is 0 Å². The maximum atomic E-state index is 11.4. The van der Waals surface area contributed by atoms with E-state index in [-0.39, 0.29) is 5.54 Å². The third-order valence-corrected chi connectivity index (χ3v) is 9.03. The Morgan fingerprint density at radius 3 is 2.26 bits per heavy atom. The molecule has 0 aliphatic heterocycles. The molecule has 116 valence electrons. The summed E-state index contributed by atoms with van der Waals surface area (Å²) >= 11 is 0. The molecule has 1 nitrogen and oxygen atoms in total. The Kier molecular flexibility index (Phi) is 4.44. The molecule has 0 saturated heterocycles. The molecular formula is C21H22OSi. The minimum absolute atomic E-state index is 0.286. The second-order valence-electron chi connectivity index (χ2n) is 6.61. The van der Waals surface area contributed by atoms with Crippen LogP contribution < -0.4 is 5.19 Å². The van der Waals surface area contributed by atoms with Gasteiger partial charge in [-0.05, 0) is 21.9 Å². The van der Waals surface area contributed by atoms with Gasteiger partial charge < -0.3 is 4.79 Å². The lowest BCUT2D eigenvalue weighted by Crippen LogP contribution is -2.47. The maximum absolute atomic E-state index is 11.4. The third kappa shape index (κ3) is 2.99. The van der Waals surface area contributed by atoms with Crippen LogP contribution in [0.3, 0.4) is 0 Å². The molecule has 0 aromatic heterocycles. The first-order chi connectivity index (χ1) is 11.1. The minimum atomic E-state index is -1.82. The molecule has 23 heavy (non-hydrogen) atoms. The average Bonchev–Trinajstić information content (AvgIpc) is 2.60. The molecule has 0 bridgehead atoms. The summed E-state index contributed by atoms with van der Waals surface area (Å²) in [4.78, 5) is 11.4. The highest BCUT2D eigenvalue weighted by Gasteiger charge is 2.35. The van der Waals surface area contributed by atoms with Gasteiger partial charge in [-0.2, -0.15) is 0 Å². The van der Waals surface area contributed by atoms with Crippen LogP contribution in [0, 0.1) is 0 Å². The quantitative estimate of drug-likeness (QED) is 0.493. The zero-order valence-corrected chi connectivity index (χ0v) is 14.7. The number of carbonyl (C=O) groups excluding carboxylic acids is 1. The van der Waals surface area contributed by atoms with Gasteiger partial charge in [0, 0.05) is 6.42 Å². The zero-order valence-electron chi connectivity index (χ0n) is 13.7. The molecule has 0 spiro atoms. The summed E-state index contributed by atoms with van der Waals surface area (Å²) in [5, 5.41) is 3.93. The van der Waals surface area contributed by atoms with E-state index in [1.807, 2.05) is 0 Å². The summed E-state index contributed by atoms with van der Waals surface area (Å²) in [6.45, 7) is 4.75. The van der Waals surface area contributed by atoms with Gasteiger partial charge in [0.2, 0.25) is 0 Å². The molecule has 1 atom stereocenters. The maximum Gasteiger partial charge on any atom is 0.120 e. The first-order valence-electron chi connectivity index (χ1n) is 8.11. The minimum Gasteiger partial charge on any atom is -0.303 e. The van der Waals surface area contributed by atoms with Crippen LogP contribution in [0.5, 0.6) is 0 Å². The predicted octanol–water partition coefficient (Wildman–Crippen LogP) is 4.67. The molecule has 3 rings (SSSR count). The van der Waals surface area contributed by atoms with Gasteiger partial charge in [-0.1, -0.05) is 91.1 Å². The van der Waals surface area contributed by atoms with Gasteiger partial charge in [-0.25, -0.2) is 0 Å². The molecule has 0 unspecified atom stereocenters. The number of benzene rings is 3. The molecule has 3 aromatic rings. The van der Waals surface area contributed by atoms with Crippen LogP contribution in [0.25, 0.3) is 10.8 Å². The van der Waals surface area contributed by atoms with E-state index in [4.69, 9.17) is 0 Å². The van der Waals surface area contributed by atoms with Crippen molar-refractivity contribution >= 4 is 30.3 Å². The van der Waals surface area contributed by atoms with Gasteiger partial charge in [0.05, 0.1) is 8.07 Å². The number of carbonyl (C=O) groups is 1. The van der Waals surface area contributed by atoms with Crippen LogP contribution in [0.4, 0.5) is 0 Å². The molecule has 0 aliphatic rings. The van der Waals surface area contributed by atoms with E-state index in [1.54, 1.807) is 0 Å². The van der Waals surface area contributed by atoms with Crippen LogP contribution >= 0.6 is 0 Å². The smallest absolute Gasteiger partial charge is 0.120 e. The van der Waals surface area contributed by atoms with Crippen molar-refractivity contribution < 1.29 is 4.79 Å². The Labute approximate surface area is 139 Å². The van der Waals surface area contributed by atoms with Crippen molar-refractivity contribution in [3.63, 3.8) is 0 Å². The van der Waals surface area contributed by atoms with E-state index in [2.05, 4.69) is 85.9 Å². The van der Waals surface area contributed by atoms with Crippen LogP contribution in [0.1, 0.15) is 17.5 Å². The number of hydrogen-bond acceptors (Lipinski definition) is 1. The van der Waals surface area contributed by atoms with Crippen LogP contribution in [0.15, 0.2) is 72.8 Å². The first-order valence-corrected chi connectivity index (χ1v) is 11.2. The van der Waals surface area contributed by atoms with E-state index in [0.29, 0.717) is 6.42 Å². The normalized spacial score (nSPS) is 13.0. The molecule has 0 aliphatic carbocycles.